The molecule has 26 heavy (non-hydrogen) atoms. The van der Waals surface area contributed by atoms with Crippen LogP contribution in [0.15, 0.2) is 52.9 Å². The number of carbonyl (C=O) groups is 1. The third-order valence-electron chi connectivity index (χ3n) is 4.21. The molecule has 0 radical (unpaired) electrons. The van der Waals surface area contributed by atoms with Crippen LogP contribution in [0.5, 0.6) is 0 Å². The van der Waals surface area contributed by atoms with E-state index >= 15 is 0 Å². The van der Waals surface area contributed by atoms with Gasteiger partial charge in [-0.1, -0.05) is 32.0 Å². The fourth-order valence-electron chi connectivity index (χ4n) is 3.00. The highest BCUT2D eigenvalue weighted by molar-refractivity contribution is 7.98. The van der Waals surface area contributed by atoms with Gasteiger partial charge >= 0.3 is 5.97 Å². The summed E-state index contributed by atoms with van der Waals surface area (Å²) in [6, 6.07) is 12.7. The number of fused-ring (bicyclic) bond motifs is 1. The predicted molar refractivity (Wildman–Crippen MR) is 109 cm³/mol. The zero-order chi connectivity index (χ0) is 19.3. The van der Waals surface area contributed by atoms with Crippen LogP contribution in [-0.2, 0) is 4.79 Å². The van der Waals surface area contributed by atoms with Gasteiger partial charge in [-0.05, 0) is 76.9 Å². The first kappa shape index (κ1) is 20.0. The van der Waals surface area contributed by atoms with Gasteiger partial charge in [0.2, 0.25) is 0 Å². The molecule has 0 saturated carbocycles. The van der Waals surface area contributed by atoms with Crippen molar-refractivity contribution < 1.29 is 14.3 Å². The van der Waals surface area contributed by atoms with Crippen molar-refractivity contribution in [3.63, 3.8) is 0 Å². The smallest absolute Gasteiger partial charge is 0.307 e. The van der Waals surface area contributed by atoms with Gasteiger partial charge in [-0.3, -0.25) is 4.79 Å². The van der Waals surface area contributed by atoms with Gasteiger partial charge in [0.1, 0.15) is 5.82 Å². The Bertz CT molecular complexity index is 864. The molecular formula is C22H23FO2S. The van der Waals surface area contributed by atoms with E-state index in [0.717, 1.165) is 22.3 Å². The Morgan fingerprint density at radius 3 is 2.35 bits per heavy atom. The largest absolute Gasteiger partial charge is 0.481 e. The molecule has 2 aromatic rings. The number of benzene rings is 2. The lowest BCUT2D eigenvalue weighted by Crippen LogP contribution is -1.97. The molecule has 0 aliphatic heterocycles. The van der Waals surface area contributed by atoms with E-state index in [1.54, 1.807) is 17.8 Å². The first-order chi connectivity index (χ1) is 12.5. The summed E-state index contributed by atoms with van der Waals surface area (Å²) in [5.74, 6) is -1.26. The Morgan fingerprint density at radius 1 is 1.12 bits per heavy atom. The van der Waals surface area contributed by atoms with Crippen molar-refractivity contribution in [1.82, 2.24) is 0 Å². The van der Waals surface area contributed by atoms with Crippen LogP contribution < -0.4 is 0 Å². The van der Waals surface area contributed by atoms with Gasteiger partial charge in [0.05, 0.1) is 6.42 Å². The molecule has 2 aromatic carbocycles. The van der Waals surface area contributed by atoms with E-state index in [1.165, 1.54) is 17.0 Å². The predicted octanol–water partition coefficient (Wildman–Crippen LogP) is 6.38. The van der Waals surface area contributed by atoms with Crippen molar-refractivity contribution in [1.29, 1.82) is 0 Å². The van der Waals surface area contributed by atoms with Crippen LogP contribution in [0.25, 0.3) is 17.2 Å². The Hall–Kier alpha value is -2.33. The summed E-state index contributed by atoms with van der Waals surface area (Å²) in [4.78, 5) is 12.4. The van der Waals surface area contributed by atoms with Gasteiger partial charge in [0, 0.05) is 4.90 Å². The third-order valence-corrected chi connectivity index (χ3v) is 4.95. The van der Waals surface area contributed by atoms with Crippen LogP contribution in [0.2, 0.25) is 0 Å². The molecule has 0 fully saturated rings. The second kappa shape index (κ2) is 8.86. The fourth-order valence-corrected chi connectivity index (χ4v) is 3.41. The van der Waals surface area contributed by atoms with Crippen molar-refractivity contribution >= 4 is 35.0 Å². The Labute approximate surface area is 158 Å². The minimum absolute atomic E-state index is 0.106. The molecule has 136 valence electrons. The maximum absolute atomic E-state index is 13.6. The summed E-state index contributed by atoms with van der Waals surface area (Å²) in [6.07, 6.45) is 3.95. The lowest BCUT2D eigenvalue weighted by molar-refractivity contribution is -0.135. The maximum atomic E-state index is 13.6. The van der Waals surface area contributed by atoms with Crippen molar-refractivity contribution in [2.45, 2.75) is 32.1 Å². The highest BCUT2D eigenvalue weighted by Crippen LogP contribution is 2.43. The Kier molecular flexibility index (Phi) is 6.81. The van der Waals surface area contributed by atoms with Crippen LogP contribution in [0.1, 0.15) is 43.9 Å². The minimum atomic E-state index is -0.912. The third kappa shape index (κ3) is 4.25. The van der Waals surface area contributed by atoms with Crippen molar-refractivity contribution in [3.8, 4) is 0 Å². The molecular weight excluding hydrogens is 347 g/mol. The molecule has 1 aliphatic carbocycles. The lowest BCUT2D eigenvalue weighted by atomic mass is 10.0. The number of thioether (sulfide) groups is 1. The van der Waals surface area contributed by atoms with Crippen molar-refractivity contribution in [2.24, 2.45) is 0 Å². The van der Waals surface area contributed by atoms with Gasteiger partial charge in [0.15, 0.2) is 0 Å². The summed E-state index contributed by atoms with van der Waals surface area (Å²) >= 11 is 1.68. The van der Waals surface area contributed by atoms with Gasteiger partial charge in [0.25, 0.3) is 0 Å². The quantitative estimate of drug-likeness (QED) is 0.635. The average Bonchev–Trinajstić information content (AvgIpc) is 2.89. The maximum Gasteiger partial charge on any atom is 0.307 e. The zero-order valence-electron chi connectivity index (χ0n) is 15.5. The van der Waals surface area contributed by atoms with E-state index in [0.29, 0.717) is 11.1 Å². The van der Waals surface area contributed by atoms with E-state index in [4.69, 9.17) is 0 Å². The summed E-state index contributed by atoms with van der Waals surface area (Å²) in [6.45, 7) is 5.90. The number of allylic oxidation sites excluding steroid dienone is 2. The van der Waals surface area contributed by atoms with Gasteiger partial charge in [-0.2, -0.15) is 0 Å². The highest BCUT2D eigenvalue weighted by Gasteiger charge is 2.25. The van der Waals surface area contributed by atoms with Crippen molar-refractivity contribution in [3.05, 3.63) is 70.5 Å². The van der Waals surface area contributed by atoms with Gasteiger partial charge in [-0.15, -0.1) is 11.8 Å². The lowest BCUT2D eigenvalue weighted by Gasteiger charge is -2.05. The van der Waals surface area contributed by atoms with Crippen LogP contribution in [0.3, 0.4) is 0 Å². The first-order valence-electron chi connectivity index (χ1n) is 8.57. The van der Waals surface area contributed by atoms with Gasteiger partial charge in [-0.25, -0.2) is 4.39 Å². The number of carboxylic acid groups (broad SMARTS) is 1. The van der Waals surface area contributed by atoms with E-state index in [2.05, 4.69) is 12.1 Å². The van der Waals surface area contributed by atoms with Gasteiger partial charge < -0.3 is 5.11 Å². The van der Waals surface area contributed by atoms with E-state index in [1.807, 2.05) is 45.2 Å². The van der Waals surface area contributed by atoms with Crippen molar-refractivity contribution in [2.75, 3.05) is 6.26 Å². The number of carboxylic acids is 1. The molecule has 0 aromatic heterocycles. The second-order valence-electron chi connectivity index (χ2n) is 5.70. The SMILES string of the molecule is CC.CSc1ccc(/C=C2/C(C)=C(CC(=O)O)c3cc(F)ccc32)cc1. The molecule has 4 heteroatoms. The monoisotopic (exact) mass is 370 g/mol. The summed E-state index contributed by atoms with van der Waals surface area (Å²) in [5.41, 5.74) is 5.14. The molecule has 1 N–H and O–H groups in total. The van der Waals surface area contributed by atoms with Crippen LogP contribution in [-0.4, -0.2) is 17.3 Å². The molecule has 0 atom stereocenters. The minimum Gasteiger partial charge on any atom is -0.481 e. The second-order valence-corrected chi connectivity index (χ2v) is 6.57. The number of hydrogen-bond donors (Lipinski definition) is 1. The summed E-state index contributed by atoms with van der Waals surface area (Å²) in [7, 11) is 0. The Balaban J connectivity index is 0.00000117. The Morgan fingerprint density at radius 2 is 1.77 bits per heavy atom. The summed E-state index contributed by atoms with van der Waals surface area (Å²) in [5, 5.41) is 9.17. The first-order valence-corrected chi connectivity index (χ1v) is 9.80. The topological polar surface area (TPSA) is 37.3 Å². The molecule has 0 saturated heterocycles. The van der Waals surface area contributed by atoms with Crippen LogP contribution in [0.4, 0.5) is 4.39 Å². The summed E-state index contributed by atoms with van der Waals surface area (Å²) < 4.78 is 13.6. The molecule has 0 heterocycles. The molecule has 0 spiro atoms. The number of hydrogen-bond acceptors (Lipinski definition) is 2. The van der Waals surface area contributed by atoms with E-state index < -0.39 is 5.97 Å². The molecule has 0 amide bonds. The molecule has 3 rings (SSSR count). The molecule has 1 aliphatic rings. The van der Waals surface area contributed by atoms with E-state index in [9.17, 15) is 14.3 Å². The van der Waals surface area contributed by atoms with Crippen LogP contribution >= 0.6 is 11.8 Å². The number of halogens is 1. The zero-order valence-corrected chi connectivity index (χ0v) is 16.3. The number of aliphatic carboxylic acids is 1. The normalized spacial score (nSPS) is 14.1. The standard InChI is InChI=1S/C20H17FO2S.C2H6/c1-12-17(9-13-3-6-15(24-2)7-4-13)16-8-5-14(21)10-19(16)18(12)11-20(22)23;1-2/h3-10H,11H2,1-2H3,(H,22,23);1-2H3/b17-9-;. The van der Waals surface area contributed by atoms with Crippen LogP contribution in [0, 0.1) is 5.82 Å². The average molecular weight is 370 g/mol. The molecule has 0 unspecified atom stereocenters. The highest BCUT2D eigenvalue weighted by atomic mass is 32.2. The molecule has 2 nitrogen and oxygen atoms in total. The number of rotatable bonds is 4. The molecule has 0 bridgehead atoms. The van der Waals surface area contributed by atoms with E-state index in [-0.39, 0.29) is 12.2 Å². The fraction of sp³-hybridized carbons (Fsp3) is 0.227.